The van der Waals surface area contributed by atoms with Crippen molar-refractivity contribution in [2.45, 2.75) is 176 Å². The maximum Gasteiger partial charge on any atom is 0.127 e. The maximum atomic E-state index is 7.13. The second kappa shape index (κ2) is 33.1. The van der Waals surface area contributed by atoms with E-state index < -0.39 is 23.7 Å². The fraction of sp³-hybridized carbons (Fsp3) is 0.391. The highest BCUT2D eigenvalue weighted by atomic mass is 16.5. The zero-order valence-electron chi connectivity index (χ0n) is 59.8. The highest BCUT2D eigenvalue weighted by Gasteiger charge is 2.38. The molecule has 0 heterocycles. The van der Waals surface area contributed by atoms with Gasteiger partial charge in [0.2, 0.25) is 0 Å². The van der Waals surface area contributed by atoms with E-state index in [1.807, 2.05) is 24.3 Å². The van der Waals surface area contributed by atoms with Gasteiger partial charge in [0, 0.05) is 92.4 Å². The van der Waals surface area contributed by atoms with Gasteiger partial charge < -0.3 is 37.9 Å². The molecule has 0 N–H and O–H groups in total. The molecule has 0 amide bonds. The monoisotopic (exact) mass is 1340 g/mol. The molecule has 5 aliphatic rings. The van der Waals surface area contributed by atoms with Crippen LogP contribution in [0.15, 0.2) is 196 Å². The second-order valence-corrected chi connectivity index (χ2v) is 28.7. The third-order valence-corrected chi connectivity index (χ3v) is 22.7. The fourth-order valence-electron chi connectivity index (χ4n) is 17.7. The van der Waals surface area contributed by atoms with E-state index in [9.17, 15) is 0 Å². The van der Waals surface area contributed by atoms with Crippen LogP contribution in [0.5, 0.6) is 46.0 Å². The third kappa shape index (κ3) is 15.0. The van der Waals surface area contributed by atoms with Crippen LogP contribution in [0.4, 0.5) is 0 Å². The first-order chi connectivity index (χ1) is 49.3. The van der Waals surface area contributed by atoms with Crippen LogP contribution >= 0.6 is 0 Å². The van der Waals surface area contributed by atoms with Crippen molar-refractivity contribution in [3.63, 3.8) is 0 Å². The van der Waals surface area contributed by atoms with Gasteiger partial charge in [0.25, 0.3) is 0 Å². The van der Waals surface area contributed by atoms with E-state index in [1.165, 1.54) is 151 Å². The van der Waals surface area contributed by atoms with Crippen LogP contribution in [0.2, 0.25) is 0 Å². The Morgan fingerprint density at radius 2 is 0.410 bits per heavy atom. The van der Waals surface area contributed by atoms with Gasteiger partial charge in [-0.1, -0.05) is 225 Å². The minimum Gasteiger partial charge on any atom is -0.496 e. The summed E-state index contributed by atoms with van der Waals surface area (Å²) in [4.78, 5) is 0. The Kier molecular flexibility index (Phi) is 23.0. The normalized spacial score (nSPS) is 19.2. The Morgan fingerprint density at radius 3 is 0.600 bits per heavy atom. The van der Waals surface area contributed by atoms with E-state index in [1.54, 1.807) is 28.4 Å². The van der Waals surface area contributed by atoms with E-state index in [-0.39, 0.29) is 26.4 Å². The lowest BCUT2D eigenvalue weighted by molar-refractivity contribution is 0.337. The smallest absolute Gasteiger partial charge is 0.127 e. The first-order valence-electron chi connectivity index (χ1n) is 37.5. The van der Waals surface area contributed by atoms with Gasteiger partial charge in [0.15, 0.2) is 0 Å². The van der Waals surface area contributed by atoms with Crippen LogP contribution in [0.3, 0.4) is 0 Å². The lowest BCUT2D eigenvalue weighted by atomic mass is 9.74. The molecule has 4 unspecified atom stereocenters. The van der Waals surface area contributed by atoms with E-state index in [4.69, 9.17) is 37.9 Å². The summed E-state index contributed by atoms with van der Waals surface area (Å²) in [6.45, 7) is 17.9. The minimum atomic E-state index is -0.523. The van der Waals surface area contributed by atoms with Gasteiger partial charge in [-0.25, -0.2) is 0 Å². The molecule has 8 heteroatoms. The van der Waals surface area contributed by atoms with Crippen molar-refractivity contribution in [1.29, 1.82) is 0 Å². The molecule has 0 aromatic heterocycles. The number of fused-ring (bicyclic) bond motifs is 8. The third-order valence-electron chi connectivity index (χ3n) is 22.7. The van der Waals surface area contributed by atoms with Crippen molar-refractivity contribution >= 4 is 0 Å². The van der Waals surface area contributed by atoms with Crippen LogP contribution in [0.25, 0.3) is 0 Å². The van der Waals surface area contributed by atoms with Crippen molar-refractivity contribution in [2.24, 2.45) is 0 Å². The van der Waals surface area contributed by atoms with Crippen LogP contribution in [-0.2, 0) is 0 Å². The van der Waals surface area contributed by atoms with Gasteiger partial charge >= 0.3 is 0 Å². The summed E-state index contributed by atoms with van der Waals surface area (Å²) in [6, 6.07) is 55.8. The highest BCUT2D eigenvalue weighted by molar-refractivity contribution is 5.69. The lowest BCUT2D eigenvalue weighted by Gasteiger charge is -2.32. The van der Waals surface area contributed by atoms with Gasteiger partial charge in [0.1, 0.15) is 72.4 Å². The van der Waals surface area contributed by atoms with Crippen molar-refractivity contribution < 1.29 is 37.9 Å². The van der Waals surface area contributed by atoms with Gasteiger partial charge in [0.05, 0.1) is 28.4 Å². The predicted molar refractivity (Wildman–Crippen MR) is 408 cm³/mol. The Balaban J connectivity index is 1.20. The number of ether oxygens (including phenoxy) is 8. The molecule has 4 fully saturated rings. The summed E-state index contributed by atoms with van der Waals surface area (Å²) in [5, 5.41) is 0. The minimum absolute atomic E-state index is 0.239. The topological polar surface area (TPSA) is 73.8 Å². The molecule has 520 valence electrons. The van der Waals surface area contributed by atoms with Crippen LogP contribution in [0.1, 0.15) is 265 Å². The van der Waals surface area contributed by atoms with Crippen molar-refractivity contribution in [1.82, 2.24) is 0 Å². The molecule has 0 radical (unpaired) electrons. The highest BCUT2D eigenvalue weighted by Crippen LogP contribution is 2.56. The summed E-state index contributed by atoms with van der Waals surface area (Å²) in [7, 11) is 7.11. The zero-order valence-corrected chi connectivity index (χ0v) is 59.8. The van der Waals surface area contributed by atoms with E-state index in [2.05, 4.69) is 172 Å². The van der Waals surface area contributed by atoms with E-state index in [0.717, 1.165) is 66.8 Å². The zero-order chi connectivity index (χ0) is 68.9. The molecule has 8 aromatic rings. The lowest BCUT2D eigenvalue weighted by Crippen LogP contribution is -2.17. The maximum absolute atomic E-state index is 7.13. The fourth-order valence-corrected chi connectivity index (χ4v) is 17.7. The van der Waals surface area contributed by atoms with E-state index in [0.29, 0.717) is 69.7 Å². The molecule has 0 saturated heterocycles. The molecule has 8 aromatic carbocycles. The van der Waals surface area contributed by atoms with Crippen molar-refractivity contribution in [3.8, 4) is 46.0 Å². The molecule has 4 atom stereocenters. The Morgan fingerprint density at radius 1 is 0.240 bits per heavy atom. The SMILES string of the molecule is C=CCOc1cc(OC)c2cc1C(c1ccc(C3CCCCC3)cc1)c1cc(c(OCC=C)cc1OCC=C)C(c1ccc(C3CCCCC3)cc1)c1cc(c(OC)cc1OCC=C)C(c1ccc(C3CCCCC3)cc1)c1cc(c(OC)cc1OC)C2c1ccc(C2CCCCC2)cc1. The van der Waals surface area contributed by atoms with Gasteiger partial charge in [-0.3, -0.25) is 0 Å². The molecule has 8 bridgehead atoms. The Hall–Kier alpha value is -8.88. The molecule has 4 saturated carbocycles. The molecular formula is C92H104O8. The average molecular weight is 1340 g/mol. The van der Waals surface area contributed by atoms with Crippen LogP contribution < -0.4 is 37.9 Å². The average Bonchev–Trinajstić information content (AvgIpc) is 0.750. The predicted octanol–water partition coefficient (Wildman–Crippen LogP) is 23.2. The number of methoxy groups -OCH3 is 4. The molecule has 0 spiro atoms. The molecule has 8 nitrogen and oxygen atoms in total. The largest absolute Gasteiger partial charge is 0.496 e. The number of benzene rings is 8. The second-order valence-electron chi connectivity index (χ2n) is 28.7. The molecule has 0 aliphatic heterocycles. The number of hydrogen-bond donors (Lipinski definition) is 0. The molecule has 13 rings (SSSR count). The van der Waals surface area contributed by atoms with Crippen LogP contribution in [0, 0.1) is 0 Å². The molecule has 5 aliphatic carbocycles. The summed E-state index contributed by atoms with van der Waals surface area (Å²) in [6.07, 6.45) is 31.8. The summed E-state index contributed by atoms with van der Waals surface area (Å²) in [5.74, 6) is 5.30. The first-order valence-corrected chi connectivity index (χ1v) is 37.5. The summed E-state index contributed by atoms with van der Waals surface area (Å²) in [5.41, 5.74) is 17.2. The van der Waals surface area contributed by atoms with Crippen molar-refractivity contribution in [2.75, 3.05) is 54.9 Å². The molecular weight excluding hydrogens is 1230 g/mol. The Labute approximate surface area is 596 Å². The summed E-state index contributed by atoms with van der Waals surface area (Å²) < 4.78 is 55.6. The number of hydrogen-bond acceptors (Lipinski definition) is 8. The van der Waals surface area contributed by atoms with Gasteiger partial charge in [-0.15, -0.1) is 0 Å². The molecule has 100 heavy (non-hydrogen) atoms. The van der Waals surface area contributed by atoms with Crippen LogP contribution in [-0.4, -0.2) is 54.9 Å². The standard InChI is InChI=1S/C92H104O8/c1-9-49-97-85-58-83(95-7)75-54-77(85)91(71-45-37-67(38-46-71)63-29-21-15-22-30-63)79-56-80(88(100-52-12-4)60-87(79)99-51-11-3)92(72-47-39-68(40-48-72)64-31-23-16-24-32-64)78-55-76(84(96-8)59-86(78)98-50-10-2)90(70-43-35-66(36-44-70)62-27-19-14-20-28-62)74-53-73(81(93-5)57-82(74)94-6)89(75)69-41-33-65(34-42-69)61-25-17-13-18-26-61/h9-12,33-48,53-64,89-92H,1-4,13-32,49-52H2,5-8H3. The quantitative estimate of drug-likeness (QED) is 0.0554. The summed E-state index contributed by atoms with van der Waals surface area (Å²) >= 11 is 0. The van der Waals surface area contributed by atoms with E-state index >= 15 is 0 Å². The van der Waals surface area contributed by atoms with Crippen molar-refractivity contribution in [3.05, 3.63) is 285 Å². The van der Waals surface area contributed by atoms with Gasteiger partial charge in [-0.2, -0.15) is 0 Å². The Bertz CT molecular complexity index is 3820. The number of rotatable bonds is 24. The van der Waals surface area contributed by atoms with Gasteiger partial charge in [-0.05, 0) is 144 Å². The first kappa shape index (κ1) is 69.6.